The van der Waals surface area contributed by atoms with Gasteiger partial charge in [-0.3, -0.25) is 4.79 Å². The summed E-state index contributed by atoms with van der Waals surface area (Å²) in [6.07, 6.45) is 0.268. The molecule has 30 heavy (non-hydrogen) atoms. The third-order valence-corrected chi connectivity index (χ3v) is 4.65. The molecule has 0 aliphatic heterocycles. The molecule has 0 aliphatic carbocycles. The zero-order chi connectivity index (χ0) is 20.9. The quantitative estimate of drug-likeness (QED) is 0.464. The van der Waals surface area contributed by atoms with Crippen LogP contribution in [0.2, 0.25) is 0 Å². The van der Waals surface area contributed by atoms with E-state index in [9.17, 15) is 4.79 Å². The summed E-state index contributed by atoms with van der Waals surface area (Å²) in [5.74, 6) is 1.07. The van der Waals surface area contributed by atoms with Gasteiger partial charge in [-0.15, -0.1) is 0 Å². The van der Waals surface area contributed by atoms with Crippen LogP contribution >= 0.6 is 12.2 Å². The minimum absolute atomic E-state index is 0.169. The molecule has 150 valence electrons. The Morgan fingerprint density at radius 1 is 1.07 bits per heavy atom. The maximum absolute atomic E-state index is 12.1. The van der Waals surface area contributed by atoms with E-state index >= 15 is 0 Å². The van der Waals surface area contributed by atoms with Crippen LogP contribution in [-0.4, -0.2) is 23.1 Å². The molecule has 1 aromatic heterocycles. The fourth-order valence-corrected chi connectivity index (χ4v) is 3.20. The highest BCUT2D eigenvalue weighted by atomic mass is 32.1. The number of thiocarbonyl (C=S) groups is 1. The highest BCUT2D eigenvalue weighted by Gasteiger charge is 2.10. The standard InChI is InChI=1S/C23H19N3O3S/c1-28-18-11-12-20-19(14-18)25-22(29-20)16-7-9-17(10-8-16)24-23(30)26-21(27)13-15-5-3-2-4-6-15/h2-12,14H,13H2,1H3,(H2,24,26,27,30). The number of fused-ring (bicyclic) bond motifs is 1. The lowest BCUT2D eigenvalue weighted by molar-refractivity contribution is -0.119. The Morgan fingerprint density at radius 2 is 1.83 bits per heavy atom. The second kappa shape index (κ2) is 8.75. The van der Waals surface area contributed by atoms with Gasteiger partial charge in [-0.1, -0.05) is 30.3 Å². The Morgan fingerprint density at radius 3 is 2.57 bits per heavy atom. The molecule has 0 atom stereocenters. The van der Waals surface area contributed by atoms with Gasteiger partial charge in [0.1, 0.15) is 11.3 Å². The van der Waals surface area contributed by atoms with Crippen molar-refractivity contribution in [2.75, 3.05) is 12.4 Å². The maximum Gasteiger partial charge on any atom is 0.230 e. The van der Waals surface area contributed by atoms with Gasteiger partial charge in [0.2, 0.25) is 11.8 Å². The largest absolute Gasteiger partial charge is 0.497 e. The topological polar surface area (TPSA) is 76.4 Å². The predicted octanol–water partition coefficient (Wildman–Crippen LogP) is 4.56. The number of hydrogen-bond donors (Lipinski definition) is 2. The van der Waals surface area contributed by atoms with Gasteiger partial charge in [0.25, 0.3) is 0 Å². The molecular weight excluding hydrogens is 398 g/mol. The Hall–Kier alpha value is -3.71. The molecule has 0 spiro atoms. The molecule has 0 aliphatic rings. The molecule has 6 nitrogen and oxygen atoms in total. The summed E-state index contributed by atoms with van der Waals surface area (Å²) < 4.78 is 11.0. The van der Waals surface area contributed by atoms with Crippen molar-refractivity contribution >= 4 is 40.0 Å². The van der Waals surface area contributed by atoms with Crippen molar-refractivity contribution in [1.29, 1.82) is 0 Å². The fourth-order valence-electron chi connectivity index (χ4n) is 2.97. The number of aromatic nitrogens is 1. The Bertz CT molecular complexity index is 1190. The van der Waals surface area contributed by atoms with Gasteiger partial charge in [-0.25, -0.2) is 4.98 Å². The Kier molecular flexibility index (Phi) is 5.72. The van der Waals surface area contributed by atoms with Crippen molar-refractivity contribution in [3.8, 4) is 17.2 Å². The molecule has 0 saturated carbocycles. The van der Waals surface area contributed by atoms with E-state index in [4.69, 9.17) is 21.4 Å². The number of anilines is 1. The van der Waals surface area contributed by atoms with E-state index < -0.39 is 0 Å². The van der Waals surface area contributed by atoms with Gasteiger partial charge in [-0.05, 0) is 54.2 Å². The Labute approximate surface area is 178 Å². The number of nitrogens with zero attached hydrogens (tertiary/aromatic N) is 1. The van der Waals surface area contributed by atoms with Crippen LogP contribution in [0.5, 0.6) is 5.75 Å². The van der Waals surface area contributed by atoms with Crippen LogP contribution in [0.1, 0.15) is 5.56 Å². The van der Waals surface area contributed by atoms with Crippen LogP contribution in [0, 0.1) is 0 Å². The number of benzene rings is 3. The molecule has 0 fully saturated rings. The number of carbonyl (C=O) groups is 1. The van der Waals surface area contributed by atoms with Gasteiger partial charge in [0.05, 0.1) is 13.5 Å². The van der Waals surface area contributed by atoms with Crippen LogP contribution in [0.15, 0.2) is 77.2 Å². The highest BCUT2D eigenvalue weighted by Crippen LogP contribution is 2.27. The van der Waals surface area contributed by atoms with E-state index in [1.165, 1.54) is 0 Å². The minimum atomic E-state index is -0.169. The van der Waals surface area contributed by atoms with Crippen LogP contribution in [0.3, 0.4) is 0 Å². The maximum atomic E-state index is 12.1. The van der Waals surface area contributed by atoms with Crippen LogP contribution in [0.4, 0.5) is 5.69 Å². The molecule has 2 N–H and O–H groups in total. The number of oxazole rings is 1. The molecule has 0 saturated heterocycles. The monoisotopic (exact) mass is 417 g/mol. The van der Waals surface area contributed by atoms with E-state index in [2.05, 4.69) is 15.6 Å². The van der Waals surface area contributed by atoms with Crippen molar-refractivity contribution in [2.24, 2.45) is 0 Å². The molecule has 1 heterocycles. The molecule has 0 bridgehead atoms. The first-order chi connectivity index (χ1) is 14.6. The number of methoxy groups -OCH3 is 1. The van der Waals surface area contributed by atoms with E-state index in [1.54, 1.807) is 7.11 Å². The lowest BCUT2D eigenvalue weighted by Crippen LogP contribution is -2.35. The molecule has 3 aromatic carbocycles. The third-order valence-electron chi connectivity index (χ3n) is 4.44. The Balaban J connectivity index is 1.38. The van der Waals surface area contributed by atoms with E-state index in [0.29, 0.717) is 11.5 Å². The zero-order valence-electron chi connectivity index (χ0n) is 16.2. The number of carbonyl (C=O) groups excluding carboxylic acids is 1. The zero-order valence-corrected chi connectivity index (χ0v) is 17.0. The van der Waals surface area contributed by atoms with Crippen molar-refractivity contribution in [2.45, 2.75) is 6.42 Å². The smallest absolute Gasteiger partial charge is 0.230 e. The van der Waals surface area contributed by atoms with Crippen molar-refractivity contribution < 1.29 is 13.9 Å². The molecule has 7 heteroatoms. The number of hydrogen-bond acceptors (Lipinski definition) is 5. The molecule has 4 rings (SSSR count). The van der Waals surface area contributed by atoms with Gasteiger partial charge in [-0.2, -0.15) is 0 Å². The normalized spacial score (nSPS) is 10.6. The van der Waals surface area contributed by atoms with E-state index in [0.717, 1.165) is 28.1 Å². The summed E-state index contributed by atoms with van der Waals surface area (Å²) in [6, 6.07) is 22.4. The summed E-state index contributed by atoms with van der Waals surface area (Å²) in [5, 5.41) is 5.95. The lowest BCUT2D eigenvalue weighted by Gasteiger charge is -2.10. The third kappa shape index (κ3) is 4.64. The molecule has 0 unspecified atom stereocenters. The van der Waals surface area contributed by atoms with Crippen LogP contribution in [-0.2, 0) is 11.2 Å². The molecule has 4 aromatic rings. The molecule has 0 radical (unpaired) electrons. The first kappa shape index (κ1) is 19.6. The number of ether oxygens (including phenoxy) is 1. The van der Waals surface area contributed by atoms with Crippen molar-refractivity contribution in [3.63, 3.8) is 0 Å². The summed E-state index contributed by atoms with van der Waals surface area (Å²) in [6.45, 7) is 0. The summed E-state index contributed by atoms with van der Waals surface area (Å²) in [5.41, 5.74) is 3.93. The molecular formula is C23H19N3O3S. The van der Waals surface area contributed by atoms with Crippen molar-refractivity contribution in [1.82, 2.24) is 10.3 Å². The number of rotatable bonds is 5. The van der Waals surface area contributed by atoms with Gasteiger partial charge < -0.3 is 19.8 Å². The summed E-state index contributed by atoms with van der Waals surface area (Å²) in [7, 11) is 1.61. The first-order valence-corrected chi connectivity index (χ1v) is 9.71. The second-order valence-electron chi connectivity index (χ2n) is 6.59. The van der Waals surface area contributed by atoms with E-state index in [1.807, 2.05) is 72.8 Å². The second-order valence-corrected chi connectivity index (χ2v) is 7.00. The predicted molar refractivity (Wildman–Crippen MR) is 121 cm³/mol. The fraction of sp³-hybridized carbons (Fsp3) is 0.0870. The van der Waals surface area contributed by atoms with Gasteiger partial charge in [0.15, 0.2) is 10.7 Å². The summed E-state index contributed by atoms with van der Waals surface area (Å²) >= 11 is 5.24. The summed E-state index contributed by atoms with van der Waals surface area (Å²) in [4.78, 5) is 16.6. The van der Waals surface area contributed by atoms with Crippen molar-refractivity contribution in [3.05, 3.63) is 78.4 Å². The lowest BCUT2D eigenvalue weighted by atomic mass is 10.1. The number of amides is 1. The van der Waals surface area contributed by atoms with Gasteiger partial charge >= 0.3 is 0 Å². The average molecular weight is 417 g/mol. The van der Waals surface area contributed by atoms with E-state index in [-0.39, 0.29) is 17.4 Å². The first-order valence-electron chi connectivity index (χ1n) is 9.30. The highest BCUT2D eigenvalue weighted by molar-refractivity contribution is 7.80. The minimum Gasteiger partial charge on any atom is -0.497 e. The SMILES string of the molecule is COc1ccc2oc(-c3ccc(NC(=S)NC(=O)Cc4ccccc4)cc3)nc2c1. The average Bonchev–Trinajstić information content (AvgIpc) is 3.18. The van der Waals surface area contributed by atoms with Gasteiger partial charge in [0, 0.05) is 17.3 Å². The molecule has 1 amide bonds. The number of nitrogens with one attached hydrogen (secondary N) is 2. The van der Waals surface area contributed by atoms with Crippen LogP contribution < -0.4 is 15.4 Å². The van der Waals surface area contributed by atoms with Crippen LogP contribution in [0.25, 0.3) is 22.6 Å².